The lowest BCUT2D eigenvalue weighted by Crippen LogP contribution is -2.19. The van der Waals surface area contributed by atoms with Crippen LogP contribution in [0.5, 0.6) is 5.75 Å². The molecule has 11 heteroatoms. The molecule has 1 saturated carbocycles. The van der Waals surface area contributed by atoms with E-state index in [-0.39, 0.29) is 33.4 Å². The molecule has 1 aromatic carbocycles. The first-order valence-electron chi connectivity index (χ1n) is 12.6. The SMILES string of the molecule is O=c1oc2c(c(O)c1C(c1cccc(NS(=O)(=O)c3ncnc4nc[nH]c34)c1)C1CC1)CCCCCC2. The normalized spacial score (nSPS) is 17.1. The highest BCUT2D eigenvalue weighted by Gasteiger charge is 2.38. The standard InChI is InChI=1S/C26H27N5O5S/c32-23-18-8-3-1-2-4-9-19(18)36-26(33)21(23)20(15-10-11-15)16-6-5-7-17(12-16)31-37(34,35)25-22-24(28-13-27-22)29-14-30-25/h5-7,12-15,20,31-32H,1-4,8-11H2,(H,27,28,29,30). The number of aromatic amines is 1. The van der Waals surface area contributed by atoms with Crippen LogP contribution in [0.4, 0.5) is 5.69 Å². The van der Waals surface area contributed by atoms with E-state index in [0.29, 0.717) is 24.3 Å². The summed E-state index contributed by atoms with van der Waals surface area (Å²) in [5.74, 6) is 0.407. The van der Waals surface area contributed by atoms with Crippen molar-refractivity contribution in [2.75, 3.05) is 4.72 Å². The summed E-state index contributed by atoms with van der Waals surface area (Å²) in [4.78, 5) is 27.9. The van der Waals surface area contributed by atoms with E-state index in [2.05, 4.69) is 24.7 Å². The Morgan fingerprint density at radius 1 is 1.08 bits per heavy atom. The molecule has 1 fully saturated rings. The van der Waals surface area contributed by atoms with Crippen LogP contribution in [0.3, 0.4) is 0 Å². The third kappa shape index (κ3) is 4.48. The summed E-state index contributed by atoms with van der Waals surface area (Å²) in [6.07, 6.45) is 9.70. The van der Waals surface area contributed by atoms with E-state index < -0.39 is 21.6 Å². The summed E-state index contributed by atoms with van der Waals surface area (Å²) in [6.45, 7) is 0. The third-order valence-corrected chi connectivity index (χ3v) is 8.56. The summed E-state index contributed by atoms with van der Waals surface area (Å²) in [7, 11) is -4.06. The second-order valence-corrected chi connectivity index (χ2v) is 11.4. The van der Waals surface area contributed by atoms with Gasteiger partial charge in [0.2, 0.25) is 5.03 Å². The summed E-state index contributed by atoms with van der Waals surface area (Å²) in [6, 6.07) is 6.94. The number of nitrogens with one attached hydrogen (secondary N) is 2. The molecule has 192 valence electrons. The molecule has 3 aromatic heterocycles. The van der Waals surface area contributed by atoms with Crippen molar-refractivity contribution in [1.29, 1.82) is 0 Å². The maximum atomic E-state index is 13.2. The summed E-state index contributed by atoms with van der Waals surface area (Å²) in [5, 5.41) is 11.1. The molecule has 3 heterocycles. The highest BCUT2D eigenvalue weighted by atomic mass is 32.2. The van der Waals surface area contributed by atoms with Crippen LogP contribution >= 0.6 is 0 Å². The molecule has 0 amide bonds. The van der Waals surface area contributed by atoms with Gasteiger partial charge in [-0.05, 0) is 55.7 Å². The molecule has 4 aromatic rings. The Morgan fingerprint density at radius 2 is 1.89 bits per heavy atom. The largest absolute Gasteiger partial charge is 0.507 e. The number of H-pyrrole nitrogens is 1. The summed E-state index contributed by atoms with van der Waals surface area (Å²) < 4.78 is 34.7. The predicted octanol–water partition coefficient (Wildman–Crippen LogP) is 4.01. The molecular weight excluding hydrogens is 494 g/mol. The number of rotatable bonds is 6. The smallest absolute Gasteiger partial charge is 0.343 e. The van der Waals surface area contributed by atoms with Crippen molar-refractivity contribution in [2.24, 2.45) is 5.92 Å². The van der Waals surface area contributed by atoms with Crippen LogP contribution in [0.2, 0.25) is 0 Å². The van der Waals surface area contributed by atoms with Crippen LogP contribution < -0.4 is 10.3 Å². The molecule has 0 aliphatic heterocycles. The minimum Gasteiger partial charge on any atom is -0.507 e. The molecule has 0 saturated heterocycles. The maximum Gasteiger partial charge on any atom is 0.343 e. The molecule has 2 aliphatic carbocycles. The molecule has 2 aliphatic rings. The number of anilines is 1. The van der Waals surface area contributed by atoms with Crippen molar-refractivity contribution in [2.45, 2.75) is 62.3 Å². The molecule has 6 rings (SSSR count). The van der Waals surface area contributed by atoms with Gasteiger partial charge in [-0.1, -0.05) is 25.0 Å². The van der Waals surface area contributed by atoms with Gasteiger partial charge >= 0.3 is 5.63 Å². The average molecular weight is 522 g/mol. The number of sulfonamides is 1. The topological polar surface area (TPSA) is 151 Å². The van der Waals surface area contributed by atoms with Crippen LogP contribution in [0.1, 0.15) is 66.9 Å². The van der Waals surface area contributed by atoms with Crippen LogP contribution in [-0.2, 0) is 22.9 Å². The third-order valence-electron chi connectivity index (χ3n) is 7.24. The zero-order valence-electron chi connectivity index (χ0n) is 20.1. The van der Waals surface area contributed by atoms with Gasteiger partial charge in [-0.2, -0.15) is 8.42 Å². The summed E-state index contributed by atoms with van der Waals surface area (Å²) >= 11 is 0. The number of aromatic nitrogens is 4. The first-order chi connectivity index (χ1) is 17.9. The Morgan fingerprint density at radius 3 is 2.70 bits per heavy atom. The van der Waals surface area contributed by atoms with Crippen molar-refractivity contribution in [1.82, 2.24) is 19.9 Å². The molecule has 3 N–H and O–H groups in total. The second-order valence-electron chi connectivity index (χ2n) is 9.79. The van der Waals surface area contributed by atoms with Gasteiger partial charge in [-0.3, -0.25) is 4.72 Å². The molecular formula is C26H27N5O5S. The van der Waals surface area contributed by atoms with Crippen molar-refractivity contribution in [3.8, 4) is 5.75 Å². The van der Waals surface area contributed by atoms with Gasteiger partial charge < -0.3 is 14.5 Å². The summed E-state index contributed by atoms with van der Waals surface area (Å²) in [5.41, 5.74) is 2.03. The van der Waals surface area contributed by atoms with E-state index in [1.165, 1.54) is 6.33 Å². The second kappa shape index (κ2) is 9.29. The quantitative estimate of drug-likeness (QED) is 0.322. The van der Waals surface area contributed by atoms with E-state index in [0.717, 1.165) is 56.0 Å². The Bertz CT molecular complexity index is 1640. The molecule has 10 nitrogen and oxygen atoms in total. The first-order valence-corrected chi connectivity index (χ1v) is 14.1. The fraction of sp³-hybridized carbons (Fsp3) is 0.385. The number of benzene rings is 1. The molecule has 0 spiro atoms. The molecule has 1 unspecified atom stereocenters. The lowest BCUT2D eigenvalue weighted by Gasteiger charge is -2.22. The lowest BCUT2D eigenvalue weighted by atomic mass is 9.85. The Labute approximate surface area is 213 Å². The minimum atomic E-state index is -4.06. The number of aryl methyl sites for hydroxylation is 1. The van der Waals surface area contributed by atoms with Gasteiger partial charge in [0.05, 0.1) is 11.9 Å². The van der Waals surface area contributed by atoms with Crippen LogP contribution in [0.15, 0.2) is 51.2 Å². The van der Waals surface area contributed by atoms with Crippen LogP contribution in [0, 0.1) is 5.92 Å². The molecule has 0 radical (unpaired) electrons. The van der Waals surface area contributed by atoms with Gasteiger partial charge in [0.25, 0.3) is 10.0 Å². The van der Waals surface area contributed by atoms with Crippen molar-refractivity contribution >= 4 is 26.9 Å². The van der Waals surface area contributed by atoms with Gasteiger partial charge in [-0.25, -0.2) is 19.7 Å². The molecule has 37 heavy (non-hydrogen) atoms. The van der Waals surface area contributed by atoms with Crippen LogP contribution in [-0.4, -0.2) is 33.5 Å². The number of hydrogen-bond acceptors (Lipinski definition) is 8. The lowest BCUT2D eigenvalue weighted by molar-refractivity contribution is 0.382. The zero-order chi connectivity index (χ0) is 25.6. The van der Waals surface area contributed by atoms with Crippen molar-refractivity contribution in [3.05, 3.63) is 69.8 Å². The van der Waals surface area contributed by atoms with E-state index in [1.807, 2.05) is 6.07 Å². The monoisotopic (exact) mass is 521 g/mol. The maximum absolute atomic E-state index is 13.2. The Kier molecular flexibility index (Phi) is 5.94. The zero-order valence-corrected chi connectivity index (χ0v) is 20.9. The Hall–Kier alpha value is -3.73. The molecule has 1 atom stereocenters. The highest BCUT2D eigenvalue weighted by Crippen LogP contribution is 2.49. The van der Waals surface area contributed by atoms with E-state index in [4.69, 9.17) is 4.42 Å². The number of fused-ring (bicyclic) bond motifs is 2. The van der Waals surface area contributed by atoms with E-state index in [9.17, 15) is 18.3 Å². The highest BCUT2D eigenvalue weighted by molar-refractivity contribution is 7.92. The number of nitrogens with zero attached hydrogens (tertiary/aromatic N) is 3. The van der Waals surface area contributed by atoms with Crippen LogP contribution in [0.25, 0.3) is 11.2 Å². The van der Waals surface area contributed by atoms with Crippen molar-refractivity contribution < 1.29 is 17.9 Å². The molecule has 0 bridgehead atoms. The van der Waals surface area contributed by atoms with Gasteiger partial charge in [0.15, 0.2) is 5.65 Å². The number of imidazole rings is 1. The van der Waals surface area contributed by atoms with Gasteiger partial charge in [0, 0.05) is 23.6 Å². The fourth-order valence-electron chi connectivity index (χ4n) is 5.34. The fourth-order valence-corrected chi connectivity index (χ4v) is 6.48. The van der Waals surface area contributed by atoms with Crippen molar-refractivity contribution in [3.63, 3.8) is 0 Å². The number of hydrogen-bond donors (Lipinski definition) is 3. The number of aromatic hydroxyl groups is 1. The minimum absolute atomic E-state index is 0.0404. The average Bonchev–Trinajstić information content (AvgIpc) is 3.57. The van der Waals surface area contributed by atoms with Gasteiger partial charge in [-0.15, -0.1) is 0 Å². The predicted molar refractivity (Wildman–Crippen MR) is 136 cm³/mol. The van der Waals surface area contributed by atoms with Gasteiger partial charge in [0.1, 0.15) is 23.4 Å². The van der Waals surface area contributed by atoms with E-state index in [1.54, 1.807) is 18.2 Å². The Balaban J connectivity index is 1.38. The van der Waals surface area contributed by atoms with E-state index >= 15 is 0 Å². The first kappa shape index (κ1) is 23.7.